The summed E-state index contributed by atoms with van der Waals surface area (Å²) >= 11 is 4.53. The molecule has 0 aliphatic heterocycles. The third-order valence-corrected chi connectivity index (χ3v) is 3.27. The number of thioether (sulfide) groups is 1. The Hall–Kier alpha value is -0.530. The highest BCUT2D eigenvalue weighted by molar-refractivity contribution is 9.10. The average Bonchev–Trinajstić information content (AvgIpc) is 2.22. The number of benzene rings is 1. The Balaban J connectivity index is 2.69. The van der Waals surface area contributed by atoms with Gasteiger partial charge < -0.3 is 0 Å². The van der Waals surface area contributed by atoms with E-state index in [1.54, 1.807) is 12.1 Å². The highest BCUT2D eigenvalue weighted by Gasteiger charge is 2.11. The average molecular weight is 288 g/mol. The second kappa shape index (κ2) is 6.14. The van der Waals surface area contributed by atoms with Crippen LogP contribution in [0, 0.1) is 16.5 Å². The summed E-state index contributed by atoms with van der Waals surface area (Å²) < 4.78 is 14.3. The highest BCUT2D eigenvalue weighted by atomic mass is 79.9. The van der Waals surface area contributed by atoms with E-state index in [-0.39, 0.29) is 11.7 Å². The van der Waals surface area contributed by atoms with Crippen molar-refractivity contribution >= 4 is 27.7 Å². The third kappa shape index (κ3) is 3.84. The second-order valence-electron chi connectivity index (χ2n) is 3.30. The van der Waals surface area contributed by atoms with Crippen molar-refractivity contribution in [3.05, 3.63) is 34.1 Å². The number of nitriles is 1. The molecule has 15 heavy (non-hydrogen) atoms. The number of nitrogens with zero attached hydrogens (tertiary/aromatic N) is 1. The minimum atomic E-state index is -0.173. The van der Waals surface area contributed by atoms with Crippen molar-refractivity contribution in [1.29, 1.82) is 5.26 Å². The maximum absolute atomic E-state index is 13.4. The molecular weight excluding hydrogens is 277 g/mol. The van der Waals surface area contributed by atoms with E-state index in [9.17, 15) is 4.39 Å². The largest absolute Gasteiger partial charge is 0.207 e. The molecule has 0 amide bonds. The summed E-state index contributed by atoms with van der Waals surface area (Å²) in [5, 5.41) is 10.4. The number of hydrogen-bond acceptors (Lipinski definition) is 2. The Bertz CT molecular complexity index is 375. The fourth-order valence-electron chi connectivity index (χ4n) is 1.33. The number of thiocyanates is 1. The van der Waals surface area contributed by atoms with Crippen molar-refractivity contribution < 1.29 is 4.39 Å². The monoisotopic (exact) mass is 287 g/mol. The van der Waals surface area contributed by atoms with Gasteiger partial charge in [-0.3, -0.25) is 0 Å². The molecule has 0 aliphatic rings. The van der Waals surface area contributed by atoms with Crippen molar-refractivity contribution in [2.45, 2.75) is 19.3 Å². The molecule has 0 heterocycles. The molecule has 0 aliphatic carbocycles. The van der Waals surface area contributed by atoms with Crippen molar-refractivity contribution in [1.82, 2.24) is 0 Å². The lowest BCUT2D eigenvalue weighted by Crippen LogP contribution is -1.98. The van der Waals surface area contributed by atoms with E-state index >= 15 is 0 Å². The molecule has 0 radical (unpaired) electrons. The Labute approximate surface area is 102 Å². The lowest BCUT2D eigenvalue weighted by Gasteiger charge is -2.11. The molecule has 0 N–H and O–H groups in total. The SMILES string of the molecule is CC(CCSC#N)c1cc(Br)ccc1F. The van der Waals surface area contributed by atoms with Crippen LogP contribution in [-0.2, 0) is 0 Å². The quantitative estimate of drug-likeness (QED) is 0.609. The first-order valence-electron chi connectivity index (χ1n) is 4.61. The predicted octanol–water partition coefficient (Wildman–Crippen LogP) is 4.30. The molecule has 0 fully saturated rings. The van der Waals surface area contributed by atoms with Gasteiger partial charge in [0.05, 0.1) is 0 Å². The van der Waals surface area contributed by atoms with Crippen LogP contribution in [0.15, 0.2) is 22.7 Å². The summed E-state index contributed by atoms with van der Waals surface area (Å²) in [6, 6.07) is 4.96. The van der Waals surface area contributed by atoms with Crippen LogP contribution in [0.5, 0.6) is 0 Å². The summed E-state index contributed by atoms with van der Waals surface area (Å²) in [6.07, 6.45) is 0.811. The lowest BCUT2D eigenvalue weighted by atomic mass is 9.98. The summed E-state index contributed by atoms with van der Waals surface area (Å²) in [5.41, 5.74) is 0.711. The van der Waals surface area contributed by atoms with Crippen LogP contribution in [0.4, 0.5) is 4.39 Å². The van der Waals surface area contributed by atoms with Crippen LogP contribution in [0.1, 0.15) is 24.8 Å². The molecule has 0 saturated carbocycles. The Morgan fingerprint density at radius 3 is 3.00 bits per heavy atom. The van der Waals surface area contributed by atoms with Gasteiger partial charge in [-0.15, -0.1) is 0 Å². The van der Waals surface area contributed by atoms with Gasteiger partial charge in [-0.25, -0.2) is 4.39 Å². The fraction of sp³-hybridized carbons (Fsp3) is 0.364. The molecule has 1 unspecified atom stereocenters. The number of rotatable bonds is 4. The van der Waals surface area contributed by atoms with Crippen molar-refractivity contribution in [2.24, 2.45) is 0 Å². The molecule has 80 valence electrons. The fourth-order valence-corrected chi connectivity index (χ4v) is 2.27. The summed E-state index contributed by atoms with van der Waals surface area (Å²) in [7, 11) is 0. The second-order valence-corrected chi connectivity index (χ2v) is 5.09. The third-order valence-electron chi connectivity index (χ3n) is 2.21. The molecule has 4 heteroatoms. The molecule has 1 atom stereocenters. The first-order valence-corrected chi connectivity index (χ1v) is 6.39. The van der Waals surface area contributed by atoms with E-state index in [0.29, 0.717) is 5.56 Å². The first kappa shape index (κ1) is 12.5. The molecule has 1 nitrogen and oxygen atoms in total. The minimum absolute atomic E-state index is 0.142. The van der Waals surface area contributed by atoms with Crippen LogP contribution >= 0.6 is 27.7 Å². The van der Waals surface area contributed by atoms with Gasteiger partial charge in [0, 0.05) is 10.2 Å². The summed E-state index contributed by atoms with van der Waals surface area (Å²) in [5.74, 6) is 0.708. The van der Waals surface area contributed by atoms with Crippen LogP contribution in [-0.4, -0.2) is 5.75 Å². The van der Waals surface area contributed by atoms with Gasteiger partial charge in [-0.2, -0.15) is 5.26 Å². The minimum Gasteiger partial charge on any atom is -0.207 e. The van der Waals surface area contributed by atoms with E-state index in [1.807, 2.05) is 12.3 Å². The van der Waals surface area contributed by atoms with Crippen LogP contribution in [0.3, 0.4) is 0 Å². The van der Waals surface area contributed by atoms with Gasteiger partial charge in [0.15, 0.2) is 0 Å². The zero-order chi connectivity index (χ0) is 11.3. The van der Waals surface area contributed by atoms with E-state index in [1.165, 1.54) is 17.8 Å². The van der Waals surface area contributed by atoms with Gasteiger partial charge in [-0.05, 0) is 47.9 Å². The summed E-state index contributed by atoms with van der Waals surface area (Å²) in [6.45, 7) is 1.97. The standard InChI is InChI=1S/C11H11BrFNS/c1-8(4-5-15-7-14)10-6-9(12)2-3-11(10)13/h2-3,6,8H,4-5H2,1H3. The molecule has 1 aromatic carbocycles. The van der Waals surface area contributed by atoms with Gasteiger partial charge in [-0.1, -0.05) is 22.9 Å². The van der Waals surface area contributed by atoms with Gasteiger partial charge in [0.2, 0.25) is 0 Å². The Morgan fingerprint density at radius 2 is 2.33 bits per heavy atom. The molecule has 1 rings (SSSR count). The molecule has 0 spiro atoms. The van der Waals surface area contributed by atoms with E-state index in [0.717, 1.165) is 16.6 Å². The molecular formula is C11H11BrFNS. The van der Waals surface area contributed by atoms with Crippen LogP contribution in [0.2, 0.25) is 0 Å². The van der Waals surface area contributed by atoms with Crippen molar-refractivity contribution in [3.63, 3.8) is 0 Å². The van der Waals surface area contributed by atoms with Gasteiger partial charge >= 0.3 is 0 Å². The first-order chi connectivity index (χ1) is 7.15. The van der Waals surface area contributed by atoms with Gasteiger partial charge in [0.1, 0.15) is 11.2 Å². The zero-order valence-electron chi connectivity index (χ0n) is 8.34. The molecule has 0 bridgehead atoms. The number of hydrogen-bond donors (Lipinski definition) is 0. The molecule has 1 aromatic rings. The predicted molar refractivity (Wildman–Crippen MR) is 65.2 cm³/mol. The van der Waals surface area contributed by atoms with Crippen LogP contribution < -0.4 is 0 Å². The number of halogens is 2. The van der Waals surface area contributed by atoms with Gasteiger partial charge in [0.25, 0.3) is 0 Å². The van der Waals surface area contributed by atoms with E-state index < -0.39 is 0 Å². The normalized spacial score (nSPS) is 12.1. The van der Waals surface area contributed by atoms with Crippen LogP contribution in [0.25, 0.3) is 0 Å². The Kier molecular flexibility index (Phi) is 5.13. The topological polar surface area (TPSA) is 23.8 Å². The van der Waals surface area contributed by atoms with E-state index in [2.05, 4.69) is 15.9 Å². The smallest absolute Gasteiger partial charge is 0.133 e. The zero-order valence-corrected chi connectivity index (χ0v) is 10.7. The summed E-state index contributed by atoms with van der Waals surface area (Å²) in [4.78, 5) is 0. The molecule has 0 aromatic heterocycles. The van der Waals surface area contributed by atoms with Crippen molar-refractivity contribution in [3.8, 4) is 5.40 Å². The van der Waals surface area contributed by atoms with Crippen molar-refractivity contribution in [2.75, 3.05) is 5.75 Å². The Morgan fingerprint density at radius 1 is 1.60 bits per heavy atom. The maximum atomic E-state index is 13.4. The van der Waals surface area contributed by atoms with E-state index in [4.69, 9.17) is 5.26 Å². The maximum Gasteiger partial charge on any atom is 0.133 e. The highest BCUT2D eigenvalue weighted by Crippen LogP contribution is 2.26. The lowest BCUT2D eigenvalue weighted by molar-refractivity contribution is 0.584. The molecule has 0 saturated heterocycles.